The number of unbranched alkanes of at least 4 members (excludes halogenated alkanes) is 1. The highest BCUT2D eigenvalue weighted by Crippen LogP contribution is 2.44. The van der Waals surface area contributed by atoms with Crippen LogP contribution in [0.2, 0.25) is 0 Å². The summed E-state index contributed by atoms with van der Waals surface area (Å²) in [5, 5.41) is 11.9. The molecule has 0 bridgehead atoms. The van der Waals surface area contributed by atoms with Gasteiger partial charge in [-0.05, 0) is 97.8 Å². The Hall–Kier alpha value is -9.33. The second-order valence-electron chi connectivity index (χ2n) is 21.1. The van der Waals surface area contributed by atoms with Gasteiger partial charge >= 0.3 is 0 Å². The van der Waals surface area contributed by atoms with E-state index in [1.807, 2.05) is 59.5 Å². The molecular formula is C62H64N8O12. The van der Waals surface area contributed by atoms with Crippen molar-refractivity contribution in [2.24, 2.45) is 10.9 Å². The number of Topliss-reactive ketones (excluding diaryl/α,β-unsaturated/α-hetero) is 1. The quantitative estimate of drug-likeness (QED) is 0.0397. The van der Waals surface area contributed by atoms with Crippen LogP contribution in [0.4, 0.5) is 28.4 Å². The van der Waals surface area contributed by atoms with Gasteiger partial charge in [-0.25, -0.2) is 0 Å². The lowest BCUT2D eigenvalue weighted by atomic mass is 9.99. The number of nitrogens with one attached hydrogen (secondary N) is 4. The SMILES string of the molecule is COc1cc2c(cc1OCc1cc(COc3cc4c(cc3OC)C(=O)N3c5ccccc5C[C@H]3C(C)N4)cc(NC(=O)C(C)NC(=O)C(C)CC(=O)CCCCC(=O)NCCN3C(=O)C=CC3=O)c1)N=C[C@@H]1Cc3ccccc3N1C2=O. The van der Waals surface area contributed by atoms with Gasteiger partial charge in [0.25, 0.3) is 23.6 Å². The first-order valence-corrected chi connectivity index (χ1v) is 27.5. The third-order valence-corrected chi connectivity index (χ3v) is 15.4. The number of amides is 7. The molecule has 3 unspecified atom stereocenters. The first-order valence-electron chi connectivity index (χ1n) is 27.5. The summed E-state index contributed by atoms with van der Waals surface area (Å²) in [6.07, 6.45) is 6.56. The van der Waals surface area contributed by atoms with Gasteiger partial charge in [0.15, 0.2) is 23.0 Å². The molecule has 5 heterocycles. The maximum absolute atomic E-state index is 14.3. The Balaban J connectivity index is 0.811. The molecule has 0 saturated heterocycles. The largest absolute Gasteiger partial charge is 0.493 e. The molecule has 5 aliphatic heterocycles. The zero-order valence-electron chi connectivity index (χ0n) is 46.2. The van der Waals surface area contributed by atoms with Crippen LogP contribution in [0, 0.1) is 5.92 Å². The first kappa shape index (κ1) is 56.0. The molecule has 0 fully saturated rings. The Morgan fingerprint density at radius 2 is 1.32 bits per heavy atom. The minimum atomic E-state index is -1.02. The number of aliphatic imine (C=N–C) groups is 1. The predicted octanol–water partition coefficient (Wildman–Crippen LogP) is 7.17. The molecule has 20 nitrogen and oxygen atoms in total. The summed E-state index contributed by atoms with van der Waals surface area (Å²) in [6.45, 7) is 5.32. The molecule has 0 aliphatic carbocycles. The predicted molar refractivity (Wildman–Crippen MR) is 306 cm³/mol. The van der Waals surface area contributed by atoms with Crippen LogP contribution >= 0.6 is 0 Å². The number of ether oxygens (including phenoxy) is 4. The van der Waals surface area contributed by atoms with Crippen LogP contribution < -0.4 is 50.0 Å². The highest BCUT2D eigenvalue weighted by molar-refractivity contribution is 6.15. The van der Waals surface area contributed by atoms with Gasteiger partial charge in [0.05, 0.1) is 48.8 Å². The van der Waals surface area contributed by atoms with Crippen molar-refractivity contribution >= 4 is 81.8 Å². The topological polar surface area (TPSA) is 244 Å². The number of para-hydroxylation sites is 2. The van der Waals surface area contributed by atoms with Crippen LogP contribution in [0.5, 0.6) is 23.0 Å². The van der Waals surface area contributed by atoms with Crippen LogP contribution in [-0.4, -0.2) is 110 Å². The van der Waals surface area contributed by atoms with Crippen LogP contribution in [0.3, 0.4) is 0 Å². The van der Waals surface area contributed by atoms with E-state index < -0.39 is 35.6 Å². The Bertz CT molecular complexity index is 3450. The zero-order valence-corrected chi connectivity index (χ0v) is 46.2. The van der Waals surface area contributed by atoms with Crippen LogP contribution in [-0.2, 0) is 54.8 Å². The van der Waals surface area contributed by atoms with Gasteiger partial charge in [-0.15, -0.1) is 0 Å². The molecule has 20 heteroatoms. The van der Waals surface area contributed by atoms with Crippen molar-refractivity contribution in [3.05, 3.63) is 137 Å². The number of methoxy groups -OCH3 is 2. The van der Waals surface area contributed by atoms with E-state index in [0.29, 0.717) is 88.0 Å². The summed E-state index contributed by atoms with van der Waals surface area (Å²) in [5.41, 5.74) is 7.29. The second kappa shape index (κ2) is 24.2. The Morgan fingerprint density at radius 1 is 0.707 bits per heavy atom. The van der Waals surface area contributed by atoms with Gasteiger partial charge in [-0.3, -0.25) is 53.1 Å². The molecule has 0 spiro atoms. The monoisotopic (exact) mass is 1110 g/mol. The van der Waals surface area contributed by atoms with Crippen molar-refractivity contribution < 1.29 is 57.3 Å². The van der Waals surface area contributed by atoms with Crippen LogP contribution in [0.15, 0.2) is 108 Å². The third kappa shape index (κ3) is 11.9. The molecule has 0 aromatic heterocycles. The average molecular weight is 1110 g/mol. The van der Waals surface area contributed by atoms with E-state index in [-0.39, 0.29) is 87.2 Å². The highest BCUT2D eigenvalue weighted by atomic mass is 16.5. The highest BCUT2D eigenvalue weighted by Gasteiger charge is 2.41. The number of imide groups is 1. The lowest BCUT2D eigenvalue weighted by Crippen LogP contribution is -2.44. The van der Waals surface area contributed by atoms with E-state index in [0.717, 1.165) is 27.4 Å². The number of carbonyl (C=O) groups is 8. The number of ketones is 1. The van der Waals surface area contributed by atoms with Gasteiger partial charge < -0.3 is 45.1 Å². The number of fused-ring (bicyclic) bond motifs is 8. The molecule has 0 radical (unpaired) electrons. The molecular weight excluding hydrogens is 1050 g/mol. The minimum absolute atomic E-state index is 0.0222. The normalized spacial score (nSPS) is 17.9. The number of benzene rings is 5. The van der Waals surface area contributed by atoms with Crippen LogP contribution in [0.1, 0.15) is 95.8 Å². The summed E-state index contributed by atoms with van der Waals surface area (Å²) in [7, 11) is 3.00. The van der Waals surface area contributed by atoms with E-state index in [9.17, 15) is 38.4 Å². The fraction of sp³-hybridized carbons (Fsp3) is 0.339. The maximum atomic E-state index is 14.3. The zero-order chi connectivity index (χ0) is 57.8. The molecule has 5 aliphatic rings. The van der Waals surface area contributed by atoms with Crippen molar-refractivity contribution in [2.75, 3.05) is 47.7 Å². The molecule has 82 heavy (non-hydrogen) atoms. The summed E-state index contributed by atoms with van der Waals surface area (Å²) < 4.78 is 24.5. The number of nitrogens with zero attached hydrogens (tertiary/aromatic N) is 4. The van der Waals surface area contributed by atoms with Gasteiger partial charge in [0, 0.05) is 98.3 Å². The lowest BCUT2D eigenvalue weighted by molar-refractivity contribution is -0.137. The summed E-state index contributed by atoms with van der Waals surface area (Å²) in [5.74, 6) is -2.09. The third-order valence-electron chi connectivity index (χ3n) is 15.4. The van der Waals surface area contributed by atoms with Crippen molar-refractivity contribution in [1.82, 2.24) is 15.5 Å². The van der Waals surface area contributed by atoms with Crippen molar-refractivity contribution in [3.8, 4) is 23.0 Å². The Morgan fingerprint density at radius 3 is 2.00 bits per heavy atom. The summed E-state index contributed by atoms with van der Waals surface area (Å²) in [4.78, 5) is 114. The van der Waals surface area contributed by atoms with Gasteiger partial charge in [0.1, 0.15) is 25.0 Å². The molecule has 7 amide bonds. The standard InChI is InChI=1S/C62H64N8O12/c1-35(22-44(71)14-8-11-17-56(72)63-20-21-68-57(73)18-19-58(68)74)59(75)66-37(3)60(76)67-42-24-38(33-81-54-30-47-45(28-52(54)79-4)61(77)69-43(32-64-47)26-40-12-6-9-15-49(40)69)23-39(25-42)34-82-55-31-48-46(29-53(55)80-5)62(78)70-50-16-10-7-13-41(50)27-51(70)36(2)65-48/h6-7,9-10,12-13,15-16,18-19,23-25,28-32,35-37,43,51,65H,8,11,14,17,20-22,26-27,33-34H2,1-5H3,(H,63,72)(H,66,75)(H,67,76)/t35?,36?,37?,43-,51-/m0/s1. The number of hydrogen-bond acceptors (Lipinski definition) is 14. The molecule has 5 aromatic rings. The van der Waals surface area contributed by atoms with E-state index in [4.69, 9.17) is 23.9 Å². The van der Waals surface area contributed by atoms with E-state index in [1.54, 1.807) is 54.4 Å². The fourth-order valence-electron chi connectivity index (χ4n) is 11.0. The summed E-state index contributed by atoms with van der Waals surface area (Å²) in [6, 6.07) is 26.3. The van der Waals surface area contributed by atoms with E-state index in [1.165, 1.54) is 33.3 Å². The van der Waals surface area contributed by atoms with Crippen molar-refractivity contribution in [1.29, 1.82) is 0 Å². The second-order valence-corrected chi connectivity index (χ2v) is 21.1. The molecule has 10 rings (SSSR count). The van der Waals surface area contributed by atoms with Crippen LogP contribution in [0.25, 0.3) is 0 Å². The minimum Gasteiger partial charge on any atom is -0.493 e. The molecule has 5 aromatic carbocycles. The molecule has 0 saturated carbocycles. The number of hydrogen-bond donors (Lipinski definition) is 4. The van der Waals surface area contributed by atoms with E-state index in [2.05, 4.69) is 28.2 Å². The lowest BCUT2D eigenvalue weighted by Gasteiger charge is -2.27. The smallest absolute Gasteiger partial charge is 0.261 e. The Labute approximate surface area is 474 Å². The van der Waals surface area contributed by atoms with Gasteiger partial charge in [-0.1, -0.05) is 43.3 Å². The number of carbonyl (C=O) groups excluding carboxylic acids is 8. The Kier molecular flexibility index (Phi) is 16.5. The van der Waals surface area contributed by atoms with E-state index >= 15 is 0 Å². The first-order chi connectivity index (χ1) is 39.6. The van der Waals surface area contributed by atoms with Crippen molar-refractivity contribution in [3.63, 3.8) is 0 Å². The number of rotatable bonds is 22. The fourth-order valence-corrected chi connectivity index (χ4v) is 11.0. The molecule has 4 N–H and O–H groups in total. The molecule has 5 atom stereocenters. The number of anilines is 4. The van der Waals surface area contributed by atoms with Gasteiger partial charge in [0.2, 0.25) is 17.7 Å². The summed E-state index contributed by atoms with van der Waals surface area (Å²) >= 11 is 0. The maximum Gasteiger partial charge on any atom is 0.261 e. The molecule has 424 valence electrons. The average Bonchev–Trinajstić information content (AvgIpc) is 4.32. The van der Waals surface area contributed by atoms with Crippen molar-refractivity contribution in [2.45, 2.75) is 103 Å². The van der Waals surface area contributed by atoms with Gasteiger partial charge in [-0.2, -0.15) is 0 Å².